The lowest BCUT2D eigenvalue weighted by molar-refractivity contribution is -0.954. The predicted molar refractivity (Wildman–Crippen MR) is 109 cm³/mol. The topological polar surface area (TPSA) is 45.6 Å². The molecule has 2 saturated heterocycles. The number of hydrogen-bond acceptors (Lipinski definition) is 3. The fraction of sp³-hybridized carbons (Fsp3) is 0.450. The molecule has 3 N–H and O–H groups in total. The number of fused-ring (bicyclic) bond motifs is 2. The number of quaternary nitrogens is 1. The maximum atomic E-state index is 12.4. The van der Waals surface area contributed by atoms with Crippen LogP contribution in [-0.4, -0.2) is 30.4 Å². The van der Waals surface area contributed by atoms with E-state index >= 15 is 0 Å². The summed E-state index contributed by atoms with van der Waals surface area (Å²) >= 11 is 3.57. The molecule has 2 aliphatic heterocycles. The van der Waals surface area contributed by atoms with Gasteiger partial charge in [0.25, 0.3) is 0 Å². The van der Waals surface area contributed by atoms with Crippen LogP contribution in [0.25, 0.3) is 0 Å². The zero-order valence-corrected chi connectivity index (χ0v) is 16.7. The molecule has 4 rings (SSSR count). The van der Waals surface area contributed by atoms with Crippen LogP contribution in [0.15, 0.2) is 46.7 Å². The third kappa shape index (κ3) is 4.08. The van der Waals surface area contributed by atoms with E-state index in [0.717, 1.165) is 25.1 Å². The zero-order chi connectivity index (χ0) is 17.9. The monoisotopic (exact) mass is 388 g/mol. The molecule has 0 saturated carbocycles. The Morgan fingerprint density at radius 3 is 2.54 bits per heavy atom. The van der Waals surface area contributed by atoms with Gasteiger partial charge in [-0.1, -0.05) is 6.07 Å². The summed E-state index contributed by atoms with van der Waals surface area (Å²) in [4.78, 5) is 16.8. The summed E-state index contributed by atoms with van der Waals surface area (Å²) in [6.07, 6.45) is 6.82. The first-order valence-electron chi connectivity index (χ1n) is 9.31. The average Bonchev–Trinajstić information content (AvgIpc) is 3.22. The van der Waals surface area contributed by atoms with Crippen LogP contribution < -0.4 is 15.5 Å². The van der Waals surface area contributed by atoms with Crippen LogP contribution in [0, 0.1) is 0 Å². The molecule has 26 heavy (non-hydrogen) atoms. The molecular formula is C20H26N3OS2+. The number of piperidine rings is 1. The fourth-order valence-corrected chi connectivity index (χ4v) is 5.62. The zero-order valence-electron chi connectivity index (χ0n) is 15.0. The van der Waals surface area contributed by atoms with Crippen LogP contribution in [0.3, 0.4) is 0 Å². The summed E-state index contributed by atoms with van der Waals surface area (Å²) in [5.41, 5.74) is 0.851. The van der Waals surface area contributed by atoms with Gasteiger partial charge in [-0.05, 0) is 42.0 Å². The Hall–Kier alpha value is -1.50. The van der Waals surface area contributed by atoms with E-state index in [1.807, 2.05) is 35.6 Å². The summed E-state index contributed by atoms with van der Waals surface area (Å²) in [6.45, 7) is 1.15. The molecule has 0 radical (unpaired) electrons. The van der Waals surface area contributed by atoms with Gasteiger partial charge in [0.2, 0.25) is 0 Å². The lowest BCUT2D eigenvalue weighted by Gasteiger charge is -2.36. The van der Waals surface area contributed by atoms with E-state index < -0.39 is 0 Å². The van der Waals surface area contributed by atoms with Gasteiger partial charge in [-0.15, -0.1) is 23.1 Å². The number of urea groups is 1. The second kappa shape index (κ2) is 8.03. The molecular weight excluding hydrogens is 362 g/mol. The molecule has 1 aromatic heterocycles. The van der Waals surface area contributed by atoms with Crippen LogP contribution in [0.5, 0.6) is 0 Å². The molecule has 4 atom stereocenters. The van der Waals surface area contributed by atoms with Crippen LogP contribution in [0.1, 0.15) is 30.6 Å². The quantitative estimate of drug-likeness (QED) is 0.688. The van der Waals surface area contributed by atoms with Crippen molar-refractivity contribution in [1.82, 2.24) is 5.32 Å². The third-order valence-electron chi connectivity index (χ3n) is 5.69. The maximum absolute atomic E-state index is 12.4. The van der Waals surface area contributed by atoms with Crippen LogP contribution in [-0.2, 0) is 6.54 Å². The molecule has 2 aliphatic rings. The van der Waals surface area contributed by atoms with Crippen molar-refractivity contribution in [2.45, 2.75) is 55.2 Å². The number of anilines is 1. The van der Waals surface area contributed by atoms with E-state index in [0.29, 0.717) is 18.1 Å². The number of thiophene rings is 1. The number of hydrogen-bond donors (Lipinski definition) is 3. The Kier molecular flexibility index (Phi) is 5.52. The number of amides is 2. The summed E-state index contributed by atoms with van der Waals surface area (Å²) < 4.78 is 0. The van der Waals surface area contributed by atoms with Gasteiger partial charge < -0.3 is 15.5 Å². The molecule has 2 amide bonds. The SMILES string of the molecule is CSc1ccc(NC(=O)NC2C[C@H]3CC[C@@H](C2)[NH+]3Cc2cccs2)cc1. The summed E-state index contributed by atoms with van der Waals surface area (Å²) in [5.74, 6) is 0. The maximum Gasteiger partial charge on any atom is 0.319 e. The van der Waals surface area contributed by atoms with Crippen molar-refractivity contribution in [2.75, 3.05) is 11.6 Å². The highest BCUT2D eigenvalue weighted by Crippen LogP contribution is 2.24. The van der Waals surface area contributed by atoms with Gasteiger partial charge in [-0.2, -0.15) is 0 Å². The number of benzene rings is 1. The first-order valence-corrected chi connectivity index (χ1v) is 11.4. The summed E-state index contributed by atoms with van der Waals surface area (Å²) in [5, 5.41) is 8.35. The second-order valence-corrected chi connectivity index (χ2v) is 9.21. The lowest BCUT2D eigenvalue weighted by Crippen LogP contribution is -3.17. The minimum absolute atomic E-state index is 0.0759. The Morgan fingerprint density at radius 2 is 1.92 bits per heavy atom. The van der Waals surface area contributed by atoms with E-state index in [1.165, 1.54) is 22.6 Å². The van der Waals surface area contributed by atoms with Crippen LogP contribution >= 0.6 is 23.1 Å². The molecule has 6 heteroatoms. The number of nitrogens with one attached hydrogen (secondary N) is 3. The fourth-order valence-electron chi connectivity index (χ4n) is 4.48. The average molecular weight is 389 g/mol. The molecule has 2 bridgehead atoms. The summed E-state index contributed by atoms with van der Waals surface area (Å²) in [7, 11) is 0. The van der Waals surface area contributed by atoms with Crippen molar-refractivity contribution in [3.63, 3.8) is 0 Å². The number of thioether (sulfide) groups is 1. The number of carbonyl (C=O) groups excluding carboxylic acids is 1. The van der Waals surface area contributed by atoms with E-state index in [2.05, 4.69) is 34.4 Å². The van der Waals surface area contributed by atoms with Crippen molar-refractivity contribution in [3.8, 4) is 0 Å². The molecule has 138 valence electrons. The molecule has 2 unspecified atom stereocenters. The standard InChI is InChI=1S/C20H25N3OS2/c1-25-18-8-4-14(5-9-18)21-20(24)22-15-11-16-6-7-17(12-15)23(16)13-19-3-2-10-26-19/h2-5,8-10,15-17H,6-7,11-13H2,1H3,(H2,21,22,24)/p+1/t15?,16-,17+. The van der Waals surface area contributed by atoms with Crippen molar-refractivity contribution < 1.29 is 9.69 Å². The van der Waals surface area contributed by atoms with Crippen LogP contribution in [0.4, 0.5) is 10.5 Å². The summed E-state index contributed by atoms with van der Waals surface area (Å²) in [6, 6.07) is 14.0. The molecule has 0 aliphatic carbocycles. The largest absolute Gasteiger partial charge is 0.335 e. The van der Waals surface area contributed by atoms with E-state index in [9.17, 15) is 4.79 Å². The number of carbonyl (C=O) groups is 1. The minimum Gasteiger partial charge on any atom is -0.335 e. The molecule has 2 fully saturated rings. The number of rotatable bonds is 5. The first-order chi connectivity index (χ1) is 12.7. The second-order valence-electron chi connectivity index (χ2n) is 7.30. The Labute approximate surface area is 163 Å². The third-order valence-corrected chi connectivity index (χ3v) is 7.31. The Bertz CT molecular complexity index is 718. The minimum atomic E-state index is -0.0759. The van der Waals surface area contributed by atoms with E-state index in [4.69, 9.17) is 0 Å². The van der Waals surface area contributed by atoms with Crippen molar-refractivity contribution in [2.24, 2.45) is 0 Å². The molecule has 2 aromatic rings. The normalized spacial score (nSPS) is 27.3. The Balaban J connectivity index is 1.30. The van der Waals surface area contributed by atoms with Gasteiger partial charge in [0.1, 0.15) is 6.54 Å². The molecule has 1 aromatic carbocycles. The first kappa shape index (κ1) is 17.9. The van der Waals surface area contributed by atoms with Gasteiger partial charge in [0.05, 0.1) is 17.0 Å². The van der Waals surface area contributed by atoms with Crippen LogP contribution in [0.2, 0.25) is 0 Å². The lowest BCUT2D eigenvalue weighted by atomic mass is 9.97. The highest BCUT2D eigenvalue weighted by molar-refractivity contribution is 7.98. The van der Waals surface area contributed by atoms with E-state index in [1.54, 1.807) is 16.7 Å². The van der Waals surface area contributed by atoms with Gasteiger partial charge in [0, 0.05) is 42.3 Å². The van der Waals surface area contributed by atoms with Crippen molar-refractivity contribution >= 4 is 34.8 Å². The van der Waals surface area contributed by atoms with Gasteiger partial charge >= 0.3 is 6.03 Å². The van der Waals surface area contributed by atoms with Gasteiger partial charge in [-0.3, -0.25) is 0 Å². The molecule has 0 spiro atoms. The highest BCUT2D eigenvalue weighted by Gasteiger charge is 2.44. The van der Waals surface area contributed by atoms with Gasteiger partial charge in [-0.25, -0.2) is 4.79 Å². The Morgan fingerprint density at radius 1 is 1.19 bits per heavy atom. The molecule has 3 heterocycles. The smallest absolute Gasteiger partial charge is 0.319 e. The van der Waals surface area contributed by atoms with Crippen molar-refractivity contribution in [1.29, 1.82) is 0 Å². The van der Waals surface area contributed by atoms with Gasteiger partial charge in [0.15, 0.2) is 0 Å². The van der Waals surface area contributed by atoms with E-state index in [-0.39, 0.29) is 6.03 Å². The predicted octanol–water partition coefficient (Wildman–Crippen LogP) is 3.37. The van der Waals surface area contributed by atoms with Crippen molar-refractivity contribution in [3.05, 3.63) is 46.7 Å². The highest BCUT2D eigenvalue weighted by atomic mass is 32.2. The molecule has 4 nitrogen and oxygen atoms in total.